The third-order valence-electron chi connectivity index (χ3n) is 5.18. The van der Waals surface area contributed by atoms with Crippen LogP contribution < -0.4 is 5.32 Å². The highest BCUT2D eigenvalue weighted by Gasteiger charge is 2.40. The molecule has 0 saturated heterocycles. The Morgan fingerprint density at radius 1 is 0.792 bits per heavy atom. The summed E-state index contributed by atoms with van der Waals surface area (Å²) in [5, 5.41) is 3.66. The van der Waals surface area contributed by atoms with Gasteiger partial charge in [0.2, 0.25) is 0 Å². The first-order valence-corrected chi connectivity index (χ1v) is 10.6. The molecule has 0 saturated carbocycles. The van der Waals surface area contributed by atoms with Crippen molar-refractivity contribution in [3.63, 3.8) is 0 Å². The monoisotopic (exact) mass is 449 g/mol. The van der Waals surface area contributed by atoms with E-state index in [9.17, 15) is 0 Å². The molecule has 0 fully saturated rings. The molecule has 1 aliphatic heterocycles. The summed E-state index contributed by atoms with van der Waals surface area (Å²) in [5.41, 5.74) is 5.53. The first-order valence-electron chi connectivity index (χ1n) is 8.98. The van der Waals surface area contributed by atoms with Gasteiger partial charge < -0.3 is 5.32 Å². The zero-order valence-corrected chi connectivity index (χ0v) is 17.6. The predicted octanol–water partition coefficient (Wildman–Crippen LogP) is 7.94. The van der Waals surface area contributed by atoms with Gasteiger partial charge in [-0.3, -0.25) is 0 Å². The molecule has 1 N–H and O–H groups in total. The Balaban J connectivity index is 2.22. The van der Waals surface area contributed by atoms with E-state index < -0.39 is 0 Å². The van der Waals surface area contributed by atoms with Crippen LogP contribution in [0, 0.1) is 0 Å². The van der Waals surface area contributed by atoms with Crippen LogP contribution in [0.3, 0.4) is 0 Å². The van der Waals surface area contributed by atoms with Crippen LogP contribution >= 0.6 is 31.9 Å². The summed E-state index contributed by atoms with van der Waals surface area (Å²) >= 11 is 7.39. The van der Waals surface area contributed by atoms with Crippen LogP contribution in [-0.4, -0.2) is 0 Å². The van der Waals surface area contributed by atoms with Crippen molar-refractivity contribution < 1.29 is 0 Å². The summed E-state index contributed by atoms with van der Waals surface area (Å²) in [6, 6.07) is 13.4. The van der Waals surface area contributed by atoms with E-state index >= 15 is 0 Å². The highest BCUT2D eigenvalue weighted by atomic mass is 79.9. The Morgan fingerprint density at radius 3 is 1.67 bits per heavy atom. The Labute approximate surface area is 162 Å². The normalized spacial score (nSPS) is 14.7. The molecule has 0 spiro atoms. The number of fused-ring (bicyclic) bond motifs is 2. The van der Waals surface area contributed by atoms with E-state index in [2.05, 4.69) is 87.4 Å². The predicted molar refractivity (Wildman–Crippen MR) is 111 cm³/mol. The maximum atomic E-state index is 3.70. The van der Waals surface area contributed by atoms with Crippen LogP contribution in [0.4, 0.5) is 11.4 Å². The van der Waals surface area contributed by atoms with Gasteiger partial charge in [0, 0.05) is 25.7 Å². The molecule has 1 nitrogen and oxygen atoms in total. The lowest BCUT2D eigenvalue weighted by molar-refractivity contribution is 0.405. The molecule has 1 aliphatic rings. The number of rotatable bonds is 6. The number of unbranched alkanes of at least 4 members (excludes halogenated alkanes) is 2. The van der Waals surface area contributed by atoms with Crippen molar-refractivity contribution in [1.82, 2.24) is 0 Å². The largest absolute Gasteiger partial charge is 0.355 e. The second-order valence-electron chi connectivity index (χ2n) is 6.79. The average Bonchev–Trinajstić information content (AvgIpc) is 2.58. The summed E-state index contributed by atoms with van der Waals surface area (Å²) in [5.74, 6) is 0. The third kappa shape index (κ3) is 3.30. The van der Waals surface area contributed by atoms with Crippen molar-refractivity contribution >= 4 is 43.2 Å². The van der Waals surface area contributed by atoms with E-state index in [0.29, 0.717) is 0 Å². The number of nitrogens with one attached hydrogen (secondary N) is 1. The van der Waals surface area contributed by atoms with E-state index in [-0.39, 0.29) is 5.41 Å². The molecule has 0 unspecified atom stereocenters. The SMILES string of the molecule is CCCCC1(CCCC)c2cc(Br)ccc2Nc2ccc(Br)cc21. The fraction of sp³-hybridized carbons (Fsp3) is 0.429. The second-order valence-corrected chi connectivity index (χ2v) is 8.63. The fourth-order valence-corrected chi connectivity index (χ4v) is 4.68. The van der Waals surface area contributed by atoms with Crippen molar-refractivity contribution in [2.75, 3.05) is 5.32 Å². The fourth-order valence-electron chi connectivity index (χ4n) is 3.95. The van der Waals surface area contributed by atoms with Crippen molar-refractivity contribution in [1.29, 1.82) is 0 Å². The van der Waals surface area contributed by atoms with Crippen molar-refractivity contribution in [3.8, 4) is 0 Å². The van der Waals surface area contributed by atoms with E-state index in [1.807, 2.05) is 0 Å². The first kappa shape index (κ1) is 18.0. The molecule has 24 heavy (non-hydrogen) atoms. The molecule has 0 atom stereocenters. The summed E-state index contributed by atoms with van der Waals surface area (Å²) in [4.78, 5) is 0. The van der Waals surface area contributed by atoms with E-state index in [1.54, 1.807) is 0 Å². The molecule has 0 radical (unpaired) electrons. The van der Waals surface area contributed by atoms with Crippen LogP contribution in [0.25, 0.3) is 0 Å². The van der Waals surface area contributed by atoms with Gasteiger partial charge in [-0.1, -0.05) is 71.4 Å². The van der Waals surface area contributed by atoms with Gasteiger partial charge in [-0.15, -0.1) is 0 Å². The van der Waals surface area contributed by atoms with E-state index in [4.69, 9.17) is 0 Å². The Hall–Kier alpha value is -0.800. The van der Waals surface area contributed by atoms with Crippen LogP contribution in [0.2, 0.25) is 0 Å². The molecule has 0 aliphatic carbocycles. The minimum Gasteiger partial charge on any atom is -0.355 e. The molecule has 0 bridgehead atoms. The zero-order chi connectivity index (χ0) is 17.2. The molecule has 128 valence electrons. The number of halogens is 2. The Morgan fingerprint density at radius 2 is 1.25 bits per heavy atom. The van der Waals surface area contributed by atoms with Gasteiger partial charge in [-0.2, -0.15) is 0 Å². The van der Waals surface area contributed by atoms with Gasteiger partial charge in [0.25, 0.3) is 0 Å². The van der Waals surface area contributed by atoms with Crippen LogP contribution in [0.1, 0.15) is 63.5 Å². The molecule has 0 amide bonds. The highest BCUT2D eigenvalue weighted by Crippen LogP contribution is 2.52. The van der Waals surface area contributed by atoms with Gasteiger partial charge in [0.1, 0.15) is 0 Å². The lowest BCUT2D eigenvalue weighted by atomic mass is 9.65. The van der Waals surface area contributed by atoms with Crippen LogP contribution in [0.15, 0.2) is 45.3 Å². The van der Waals surface area contributed by atoms with Gasteiger partial charge in [-0.05, 0) is 60.4 Å². The number of hydrogen-bond donors (Lipinski definition) is 1. The maximum absolute atomic E-state index is 3.70. The quantitative estimate of drug-likeness (QED) is 0.470. The maximum Gasteiger partial charge on any atom is 0.0426 e. The average molecular weight is 451 g/mol. The molecule has 0 aromatic heterocycles. The summed E-state index contributed by atoms with van der Waals surface area (Å²) in [6.45, 7) is 4.58. The molecule has 3 heteroatoms. The number of hydrogen-bond acceptors (Lipinski definition) is 1. The molecular formula is C21H25Br2N. The topological polar surface area (TPSA) is 12.0 Å². The summed E-state index contributed by atoms with van der Waals surface area (Å²) < 4.78 is 2.33. The van der Waals surface area contributed by atoms with Gasteiger partial charge >= 0.3 is 0 Å². The summed E-state index contributed by atoms with van der Waals surface area (Å²) in [6.07, 6.45) is 7.38. The first-order chi connectivity index (χ1) is 11.6. The standard InChI is InChI=1S/C21H25Br2N/c1-3-5-11-21(12-6-4-2)17-13-15(22)7-9-19(17)24-20-10-8-16(23)14-18(20)21/h7-10,13-14,24H,3-6,11-12H2,1-2H3. The molecule has 3 rings (SSSR count). The minimum atomic E-state index is 0.107. The lowest BCUT2D eigenvalue weighted by Crippen LogP contribution is -2.33. The van der Waals surface area contributed by atoms with Crippen LogP contribution in [-0.2, 0) is 5.41 Å². The van der Waals surface area contributed by atoms with Crippen molar-refractivity contribution in [2.24, 2.45) is 0 Å². The summed E-state index contributed by atoms with van der Waals surface area (Å²) in [7, 11) is 0. The van der Waals surface area contributed by atoms with E-state index in [1.165, 1.54) is 70.0 Å². The molecular weight excluding hydrogens is 426 g/mol. The third-order valence-corrected chi connectivity index (χ3v) is 6.16. The molecule has 1 heterocycles. The van der Waals surface area contributed by atoms with Crippen molar-refractivity contribution in [2.45, 2.75) is 57.8 Å². The van der Waals surface area contributed by atoms with Gasteiger partial charge in [0.05, 0.1) is 0 Å². The smallest absolute Gasteiger partial charge is 0.0426 e. The molecule has 2 aromatic carbocycles. The van der Waals surface area contributed by atoms with Crippen LogP contribution in [0.5, 0.6) is 0 Å². The Kier molecular flexibility index (Phi) is 5.71. The van der Waals surface area contributed by atoms with Gasteiger partial charge in [0.15, 0.2) is 0 Å². The zero-order valence-electron chi connectivity index (χ0n) is 14.5. The van der Waals surface area contributed by atoms with Crippen molar-refractivity contribution in [3.05, 3.63) is 56.5 Å². The number of anilines is 2. The van der Waals surface area contributed by atoms with E-state index in [0.717, 1.165) is 0 Å². The Bertz CT molecular complexity index is 662. The number of benzene rings is 2. The second kappa shape index (κ2) is 7.61. The molecule has 2 aromatic rings. The lowest BCUT2D eigenvalue weighted by Gasteiger charge is -2.42. The van der Waals surface area contributed by atoms with Gasteiger partial charge in [-0.25, -0.2) is 0 Å². The minimum absolute atomic E-state index is 0.107. The highest BCUT2D eigenvalue weighted by molar-refractivity contribution is 9.10.